The Labute approximate surface area is 114 Å². The third kappa shape index (κ3) is 3.41. The number of rotatable bonds is 3. The summed E-state index contributed by atoms with van der Waals surface area (Å²) < 4.78 is 0. The van der Waals surface area contributed by atoms with E-state index in [9.17, 15) is 0 Å². The van der Waals surface area contributed by atoms with Crippen LogP contribution in [-0.4, -0.2) is 47.9 Å². The Hall–Kier alpha value is -1.17. The van der Waals surface area contributed by atoms with Gasteiger partial charge in [0.25, 0.3) is 0 Å². The van der Waals surface area contributed by atoms with Crippen molar-refractivity contribution in [3.63, 3.8) is 0 Å². The molecule has 1 aliphatic heterocycles. The zero-order valence-corrected chi connectivity index (χ0v) is 11.5. The van der Waals surface area contributed by atoms with Crippen molar-refractivity contribution in [1.82, 2.24) is 15.3 Å². The van der Waals surface area contributed by atoms with Gasteiger partial charge in [-0.1, -0.05) is 18.2 Å². The number of para-hydroxylation sites is 1. The molecule has 0 unspecified atom stereocenters. The van der Waals surface area contributed by atoms with Crippen LogP contribution in [-0.2, 0) is 0 Å². The number of thiocarbonyl (C=S) groups is 1. The second-order valence-electron chi connectivity index (χ2n) is 4.22. The lowest BCUT2D eigenvalue weighted by molar-refractivity contribution is 0.0392. The first kappa shape index (κ1) is 13.3. The minimum atomic E-state index is 0.769. The van der Waals surface area contributed by atoms with Gasteiger partial charge in [0.15, 0.2) is 5.11 Å². The van der Waals surface area contributed by atoms with Crippen molar-refractivity contribution in [3.8, 4) is 0 Å². The fourth-order valence-electron chi connectivity index (χ4n) is 2.08. The number of piperazine rings is 1. The van der Waals surface area contributed by atoms with Crippen molar-refractivity contribution in [1.29, 1.82) is 0 Å². The predicted molar refractivity (Wildman–Crippen MR) is 79.5 cm³/mol. The first-order valence-electron chi connectivity index (χ1n) is 6.40. The summed E-state index contributed by atoms with van der Waals surface area (Å²) in [6.45, 7) is 7.06. The van der Waals surface area contributed by atoms with Gasteiger partial charge in [-0.05, 0) is 31.3 Å². The Morgan fingerprint density at radius 2 is 2.00 bits per heavy atom. The molecule has 2 N–H and O–H groups in total. The number of nitrogens with one attached hydrogen (secondary N) is 2. The van der Waals surface area contributed by atoms with Gasteiger partial charge in [-0.25, -0.2) is 5.01 Å². The van der Waals surface area contributed by atoms with E-state index in [0.717, 1.165) is 43.5 Å². The van der Waals surface area contributed by atoms with Crippen LogP contribution in [0.4, 0.5) is 5.69 Å². The lowest BCUT2D eigenvalue weighted by Gasteiger charge is -2.38. The lowest BCUT2D eigenvalue weighted by atomic mass is 10.3. The van der Waals surface area contributed by atoms with Crippen LogP contribution < -0.4 is 10.6 Å². The Morgan fingerprint density at radius 3 is 2.61 bits per heavy atom. The van der Waals surface area contributed by atoms with Gasteiger partial charge in [-0.15, -0.1) is 0 Å². The molecule has 1 aliphatic rings. The summed E-state index contributed by atoms with van der Waals surface area (Å²) in [7, 11) is 0. The molecule has 1 aromatic rings. The van der Waals surface area contributed by atoms with Crippen LogP contribution in [0.1, 0.15) is 6.92 Å². The van der Waals surface area contributed by atoms with Gasteiger partial charge in [0.2, 0.25) is 0 Å². The SMILES string of the molecule is CCN(C(=S)Nc1ccccc1)N1CCNCC1. The second-order valence-corrected chi connectivity index (χ2v) is 4.60. The van der Waals surface area contributed by atoms with Crippen LogP contribution in [0, 0.1) is 0 Å². The van der Waals surface area contributed by atoms with Crippen LogP contribution in [0.3, 0.4) is 0 Å². The van der Waals surface area contributed by atoms with E-state index in [0.29, 0.717) is 0 Å². The average Bonchev–Trinajstić information content (AvgIpc) is 2.42. The zero-order valence-electron chi connectivity index (χ0n) is 10.7. The van der Waals surface area contributed by atoms with Gasteiger partial charge < -0.3 is 10.6 Å². The summed E-state index contributed by atoms with van der Waals surface area (Å²) in [6.07, 6.45) is 0. The van der Waals surface area contributed by atoms with Crippen LogP contribution in [0.25, 0.3) is 0 Å². The highest BCUT2D eigenvalue weighted by Crippen LogP contribution is 2.09. The molecule has 0 bridgehead atoms. The van der Waals surface area contributed by atoms with Crippen molar-refractivity contribution in [2.75, 3.05) is 38.0 Å². The normalized spacial score (nSPS) is 16.3. The predicted octanol–water partition coefficient (Wildman–Crippen LogP) is 1.53. The minimum absolute atomic E-state index is 0.769. The summed E-state index contributed by atoms with van der Waals surface area (Å²) in [5.74, 6) is 0. The standard InChI is InChI=1S/C13H20N4S/c1-2-17(16-10-8-14-9-11-16)13(18)15-12-6-4-3-5-7-12/h3-7,14H,2,8-11H2,1H3,(H,15,18). The molecule has 98 valence electrons. The summed E-state index contributed by atoms with van der Waals surface area (Å²) in [5, 5.41) is 11.8. The molecule has 0 aromatic heterocycles. The maximum atomic E-state index is 5.49. The maximum Gasteiger partial charge on any atom is 0.188 e. The summed E-state index contributed by atoms with van der Waals surface area (Å²) >= 11 is 5.49. The summed E-state index contributed by atoms with van der Waals surface area (Å²) in [6, 6.07) is 10.1. The van der Waals surface area contributed by atoms with E-state index in [1.54, 1.807) is 0 Å². The topological polar surface area (TPSA) is 30.5 Å². The molecular formula is C13H20N4S. The number of hydrogen-bond donors (Lipinski definition) is 2. The van der Waals surface area contributed by atoms with E-state index < -0.39 is 0 Å². The number of hydrazine groups is 1. The molecule has 5 heteroatoms. The summed E-state index contributed by atoms with van der Waals surface area (Å²) in [5.41, 5.74) is 1.04. The van der Waals surface area contributed by atoms with Crippen molar-refractivity contribution >= 4 is 23.0 Å². The van der Waals surface area contributed by atoms with Gasteiger partial charge in [-0.3, -0.25) is 5.01 Å². The molecular weight excluding hydrogens is 244 g/mol. The molecule has 1 heterocycles. The number of hydrogen-bond acceptors (Lipinski definition) is 3. The second kappa shape index (κ2) is 6.68. The van der Waals surface area contributed by atoms with Gasteiger partial charge in [0.05, 0.1) is 0 Å². The van der Waals surface area contributed by atoms with E-state index >= 15 is 0 Å². The Bertz CT molecular complexity index is 376. The first-order valence-corrected chi connectivity index (χ1v) is 6.81. The molecule has 1 fully saturated rings. The molecule has 1 aromatic carbocycles. The third-order valence-electron chi connectivity index (χ3n) is 2.99. The Morgan fingerprint density at radius 1 is 1.33 bits per heavy atom. The highest BCUT2D eigenvalue weighted by molar-refractivity contribution is 7.80. The van der Waals surface area contributed by atoms with E-state index in [1.165, 1.54) is 0 Å². The van der Waals surface area contributed by atoms with E-state index in [1.807, 2.05) is 30.3 Å². The molecule has 1 saturated heterocycles. The van der Waals surface area contributed by atoms with Crippen molar-refractivity contribution in [2.45, 2.75) is 6.92 Å². The fraction of sp³-hybridized carbons (Fsp3) is 0.462. The van der Waals surface area contributed by atoms with Crippen molar-refractivity contribution < 1.29 is 0 Å². The third-order valence-corrected chi connectivity index (χ3v) is 3.31. The van der Waals surface area contributed by atoms with Crippen LogP contribution in [0.5, 0.6) is 0 Å². The quantitative estimate of drug-likeness (QED) is 0.809. The fourth-order valence-corrected chi connectivity index (χ4v) is 2.44. The molecule has 2 rings (SSSR count). The number of nitrogens with zero attached hydrogens (tertiary/aromatic N) is 2. The molecule has 0 saturated carbocycles. The van der Waals surface area contributed by atoms with Gasteiger partial charge in [-0.2, -0.15) is 0 Å². The van der Waals surface area contributed by atoms with Gasteiger partial charge in [0, 0.05) is 38.4 Å². The lowest BCUT2D eigenvalue weighted by Crippen LogP contribution is -2.55. The van der Waals surface area contributed by atoms with Crippen LogP contribution >= 0.6 is 12.2 Å². The van der Waals surface area contributed by atoms with E-state index in [2.05, 4.69) is 27.6 Å². The van der Waals surface area contributed by atoms with Crippen molar-refractivity contribution in [2.24, 2.45) is 0 Å². The highest BCUT2D eigenvalue weighted by atomic mass is 32.1. The highest BCUT2D eigenvalue weighted by Gasteiger charge is 2.18. The smallest absolute Gasteiger partial charge is 0.188 e. The zero-order chi connectivity index (χ0) is 12.8. The molecule has 0 atom stereocenters. The maximum absolute atomic E-state index is 5.49. The molecule has 0 amide bonds. The molecule has 18 heavy (non-hydrogen) atoms. The minimum Gasteiger partial charge on any atom is -0.332 e. The molecule has 0 spiro atoms. The molecule has 0 radical (unpaired) electrons. The largest absolute Gasteiger partial charge is 0.332 e. The first-order chi connectivity index (χ1) is 8.81. The molecule has 0 aliphatic carbocycles. The summed E-state index contributed by atoms with van der Waals surface area (Å²) in [4.78, 5) is 0. The van der Waals surface area contributed by atoms with E-state index in [-0.39, 0.29) is 0 Å². The van der Waals surface area contributed by atoms with Crippen LogP contribution in [0.15, 0.2) is 30.3 Å². The Kier molecular flexibility index (Phi) is 4.92. The number of anilines is 1. The monoisotopic (exact) mass is 264 g/mol. The Balaban J connectivity index is 1.96. The molecule has 4 nitrogen and oxygen atoms in total. The van der Waals surface area contributed by atoms with Gasteiger partial charge >= 0.3 is 0 Å². The van der Waals surface area contributed by atoms with Crippen LogP contribution in [0.2, 0.25) is 0 Å². The van der Waals surface area contributed by atoms with Gasteiger partial charge in [0.1, 0.15) is 0 Å². The number of benzene rings is 1. The average molecular weight is 264 g/mol. The van der Waals surface area contributed by atoms with Crippen molar-refractivity contribution in [3.05, 3.63) is 30.3 Å². The van der Waals surface area contributed by atoms with E-state index in [4.69, 9.17) is 12.2 Å².